The molecule has 3 aromatic heterocycles. The molecular formula is C19H22N6O2. The van der Waals surface area contributed by atoms with Crippen LogP contribution in [0.3, 0.4) is 0 Å². The number of carbonyl (C=O) groups excluding carboxylic acids is 1. The number of rotatable bonds is 5. The number of fused-ring (bicyclic) bond motifs is 1. The van der Waals surface area contributed by atoms with Gasteiger partial charge in [0.25, 0.3) is 5.56 Å². The van der Waals surface area contributed by atoms with Crippen LogP contribution in [0.4, 0.5) is 0 Å². The Bertz CT molecular complexity index is 1020. The van der Waals surface area contributed by atoms with Gasteiger partial charge in [-0.1, -0.05) is 6.07 Å². The Balaban J connectivity index is 1.52. The number of likely N-dealkylation sites (tertiary alicyclic amines) is 1. The van der Waals surface area contributed by atoms with Crippen molar-refractivity contribution in [2.75, 3.05) is 13.1 Å². The smallest absolute Gasteiger partial charge is 0.258 e. The summed E-state index contributed by atoms with van der Waals surface area (Å²) >= 11 is 0. The summed E-state index contributed by atoms with van der Waals surface area (Å²) < 4.78 is 3.38. The summed E-state index contributed by atoms with van der Waals surface area (Å²) in [5.74, 6) is 0.752. The van der Waals surface area contributed by atoms with Crippen molar-refractivity contribution in [1.29, 1.82) is 0 Å². The lowest BCUT2D eigenvalue weighted by Crippen LogP contribution is -2.36. The van der Waals surface area contributed by atoms with Crippen LogP contribution in [-0.4, -0.2) is 42.8 Å². The zero-order valence-electron chi connectivity index (χ0n) is 15.0. The highest BCUT2D eigenvalue weighted by Crippen LogP contribution is 2.26. The van der Waals surface area contributed by atoms with E-state index in [0.717, 1.165) is 37.4 Å². The quantitative estimate of drug-likeness (QED) is 0.719. The Morgan fingerprint density at radius 2 is 2.19 bits per heavy atom. The number of amides is 1. The van der Waals surface area contributed by atoms with Gasteiger partial charge in [-0.25, -0.2) is 9.97 Å². The molecule has 140 valence electrons. The summed E-state index contributed by atoms with van der Waals surface area (Å²) in [4.78, 5) is 34.9. The largest absolute Gasteiger partial charge is 0.368 e. The van der Waals surface area contributed by atoms with Crippen molar-refractivity contribution in [2.24, 2.45) is 5.73 Å². The fraction of sp³-hybridized carbons (Fsp3) is 0.368. The van der Waals surface area contributed by atoms with Crippen LogP contribution in [0, 0.1) is 0 Å². The van der Waals surface area contributed by atoms with E-state index in [1.54, 1.807) is 29.1 Å². The second-order valence-corrected chi connectivity index (χ2v) is 6.97. The van der Waals surface area contributed by atoms with Crippen LogP contribution in [0.25, 0.3) is 5.65 Å². The molecule has 8 nitrogen and oxygen atoms in total. The molecule has 3 aromatic rings. The van der Waals surface area contributed by atoms with Crippen molar-refractivity contribution >= 4 is 11.6 Å². The van der Waals surface area contributed by atoms with Crippen LogP contribution in [0.5, 0.6) is 0 Å². The van der Waals surface area contributed by atoms with Gasteiger partial charge in [-0.3, -0.25) is 18.9 Å². The van der Waals surface area contributed by atoms with Crippen molar-refractivity contribution in [1.82, 2.24) is 23.8 Å². The SMILES string of the molecule is NC(=O)Cn1ccnc1[C@H]1CCCN(Cc2cc(=O)n3ccccc3n2)C1. The Kier molecular flexibility index (Phi) is 4.72. The lowest BCUT2D eigenvalue weighted by molar-refractivity contribution is -0.118. The maximum atomic E-state index is 12.3. The Morgan fingerprint density at radius 1 is 1.30 bits per heavy atom. The van der Waals surface area contributed by atoms with Gasteiger partial charge < -0.3 is 10.3 Å². The molecule has 1 fully saturated rings. The van der Waals surface area contributed by atoms with Gasteiger partial charge in [0.05, 0.1) is 5.69 Å². The minimum atomic E-state index is -0.372. The van der Waals surface area contributed by atoms with E-state index in [-0.39, 0.29) is 23.9 Å². The van der Waals surface area contributed by atoms with Gasteiger partial charge >= 0.3 is 0 Å². The highest BCUT2D eigenvalue weighted by atomic mass is 16.1. The summed E-state index contributed by atoms with van der Waals surface area (Å²) in [5, 5.41) is 0. The lowest BCUT2D eigenvalue weighted by atomic mass is 9.97. The molecule has 2 N–H and O–H groups in total. The normalized spacial score (nSPS) is 18.0. The molecule has 1 aliphatic rings. The van der Waals surface area contributed by atoms with Gasteiger partial charge in [-0.2, -0.15) is 0 Å². The number of nitrogens with two attached hydrogens (primary N) is 1. The zero-order valence-corrected chi connectivity index (χ0v) is 15.0. The number of primary amides is 1. The third-order valence-electron chi connectivity index (χ3n) is 4.95. The first-order valence-electron chi connectivity index (χ1n) is 9.09. The van der Waals surface area contributed by atoms with Crippen LogP contribution in [0.2, 0.25) is 0 Å². The number of pyridine rings is 1. The molecular weight excluding hydrogens is 344 g/mol. The Morgan fingerprint density at radius 3 is 3.04 bits per heavy atom. The van der Waals surface area contributed by atoms with Crippen molar-refractivity contribution < 1.29 is 4.79 Å². The molecule has 0 radical (unpaired) electrons. The van der Waals surface area contributed by atoms with Crippen LogP contribution < -0.4 is 11.3 Å². The van der Waals surface area contributed by atoms with E-state index in [1.165, 1.54) is 0 Å². The fourth-order valence-corrected chi connectivity index (χ4v) is 3.81. The van der Waals surface area contributed by atoms with Gasteiger partial charge in [0.2, 0.25) is 5.91 Å². The monoisotopic (exact) mass is 366 g/mol. The fourth-order valence-electron chi connectivity index (χ4n) is 3.81. The molecule has 27 heavy (non-hydrogen) atoms. The van der Waals surface area contributed by atoms with Crippen molar-refractivity contribution in [3.63, 3.8) is 0 Å². The summed E-state index contributed by atoms with van der Waals surface area (Å²) in [6.07, 6.45) is 7.28. The van der Waals surface area contributed by atoms with Crippen LogP contribution in [-0.2, 0) is 17.9 Å². The molecule has 0 spiro atoms. The Labute approximate surface area is 156 Å². The summed E-state index contributed by atoms with van der Waals surface area (Å²) in [7, 11) is 0. The second kappa shape index (κ2) is 7.32. The maximum Gasteiger partial charge on any atom is 0.258 e. The van der Waals surface area contributed by atoms with Crippen molar-refractivity contribution in [2.45, 2.75) is 31.8 Å². The zero-order chi connectivity index (χ0) is 18.8. The molecule has 4 rings (SSSR count). The summed E-state index contributed by atoms with van der Waals surface area (Å²) in [6, 6.07) is 7.13. The molecule has 8 heteroatoms. The first kappa shape index (κ1) is 17.4. The number of nitrogens with zero attached hydrogens (tertiary/aromatic N) is 5. The minimum Gasteiger partial charge on any atom is -0.368 e. The van der Waals surface area contributed by atoms with E-state index in [0.29, 0.717) is 12.2 Å². The summed E-state index contributed by atoms with van der Waals surface area (Å²) in [6.45, 7) is 2.52. The molecule has 1 aliphatic heterocycles. The minimum absolute atomic E-state index is 0.0684. The predicted octanol–water partition coefficient (Wildman–Crippen LogP) is 0.756. The average Bonchev–Trinajstić information content (AvgIpc) is 3.09. The van der Waals surface area contributed by atoms with E-state index in [9.17, 15) is 9.59 Å². The third-order valence-corrected chi connectivity index (χ3v) is 4.95. The molecule has 0 saturated carbocycles. The van der Waals surface area contributed by atoms with Gasteiger partial charge in [0.1, 0.15) is 18.0 Å². The molecule has 1 amide bonds. The molecule has 4 heterocycles. The van der Waals surface area contributed by atoms with Crippen LogP contribution in [0.1, 0.15) is 30.3 Å². The van der Waals surface area contributed by atoms with E-state index < -0.39 is 0 Å². The molecule has 0 unspecified atom stereocenters. The average molecular weight is 366 g/mol. The Hall–Kier alpha value is -3.00. The van der Waals surface area contributed by atoms with Gasteiger partial charge in [0, 0.05) is 43.7 Å². The summed E-state index contributed by atoms with van der Waals surface area (Å²) in [5.41, 5.74) is 6.69. The third kappa shape index (κ3) is 3.75. The second-order valence-electron chi connectivity index (χ2n) is 6.97. The molecule has 0 bridgehead atoms. The van der Waals surface area contributed by atoms with E-state index in [1.807, 2.05) is 22.8 Å². The predicted molar refractivity (Wildman–Crippen MR) is 100 cm³/mol. The highest BCUT2D eigenvalue weighted by Gasteiger charge is 2.25. The molecule has 1 saturated heterocycles. The van der Waals surface area contributed by atoms with Crippen LogP contribution >= 0.6 is 0 Å². The molecule has 1 atom stereocenters. The lowest BCUT2D eigenvalue weighted by Gasteiger charge is -2.32. The first-order valence-corrected chi connectivity index (χ1v) is 9.09. The van der Waals surface area contributed by atoms with E-state index in [4.69, 9.17) is 5.73 Å². The van der Waals surface area contributed by atoms with Gasteiger partial charge in [-0.05, 0) is 31.5 Å². The van der Waals surface area contributed by atoms with Crippen LogP contribution in [0.15, 0.2) is 47.7 Å². The van der Waals surface area contributed by atoms with E-state index >= 15 is 0 Å². The molecule has 0 aromatic carbocycles. The van der Waals surface area contributed by atoms with Gasteiger partial charge in [-0.15, -0.1) is 0 Å². The van der Waals surface area contributed by atoms with Gasteiger partial charge in [0.15, 0.2) is 0 Å². The maximum absolute atomic E-state index is 12.3. The molecule has 0 aliphatic carbocycles. The van der Waals surface area contributed by atoms with Crippen molar-refractivity contribution in [3.05, 3.63) is 64.7 Å². The number of imidazole rings is 1. The van der Waals surface area contributed by atoms with E-state index in [2.05, 4.69) is 14.9 Å². The van der Waals surface area contributed by atoms with Crippen molar-refractivity contribution in [3.8, 4) is 0 Å². The number of aromatic nitrogens is 4. The first-order chi connectivity index (χ1) is 13.1. The number of hydrogen-bond donors (Lipinski definition) is 1. The number of hydrogen-bond acceptors (Lipinski definition) is 5. The topological polar surface area (TPSA) is 98.5 Å². The highest BCUT2D eigenvalue weighted by molar-refractivity contribution is 5.73. The number of carbonyl (C=O) groups is 1. The standard InChI is InChI=1S/C19H22N6O2/c20-16(26)13-24-9-6-21-19(24)14-4-3-7-23(11-14)12-15-10-18(27)25-8-2-1-5-17(25)22-15/h1-2,5-6,8-10,14H,3-4,7,11-13H2,(H2,20,26)/t14-/m0/s1. The number of piperidine rings is 1.